The second-order valence-corrected chi connectivity index (χ2v) is 6.97. The van der Waals surface area contributed by atoms with Crippen molar-refractivity contribution in [1.82, 2.24) is 9.80 Å². The molecule has 0 aromatic heterocycles. The molecule has 2 amide bonds. The van der Waals surface area contributed by atoms with Crippen LogP contribution in [0.4, 0.5) is 10.5 Å². The molecule has 2 saturated heterocycles. The molecular formula is C18H27N3O3. The molecule has 0 atom stereocenters. The monoisotopic (exact) mass is 333 g/mol. The molecule has 1 aromatic rings. The van der Waals surface area contributed by atoms with E-state index in [-0.39, 0.29) is 6.03 Å². The summed E-state index contributed by atoms with van der Waals surface area (Å²) in [7, 11) is 5.37. The number of nitrogens with zero attached hydrogens (tertiary/aromatic N) is 2. The molecule has 132 valence electrons. The van der Waals surface area contributed by atoms with Gasteiger partial charge < -0.3 is 24.6 Å². The molecule has 0 bridgehead atoms. The zero-order chi connectivity index (χ0) is 17.2. The Morgan fingerprint density at radius 1 is 1.08 bits per heavy atom. The summed E-state index contributed by atoms with van der Waals surface area (Å²) in [6.45, 7) is 4.00. The van der Waals surface area contributed by atoms with Crippen molar-refractivity contribution in [2.24, 2.45) is 5.41 Å². The molecule has 6 heteroatoms. The SMILES string of the molecule is COc1ccc(NC(=O)N2CCC3(CCN(C)C3)CC2)cc1OC. The Balaban J connectivity index is 1.58. The minimum Gasteiger partial charge on any atom is -0.493 e. The third kappa shape index (κ3) is 3.43. The maximum atomic E-state index is 12.5. The first-order valence-electron chi connectivity index (χ1n) is 8.52. The van der Waals surface area contributed by atoms with Gasteiger partial charge in [-0.15, -0.1) is 0 Å². The second-order valence-electron chi connectivity index (χ2n) is 6.97. The summed E-state index contributed by atoms with van der Waals surface area (Å²) in [6, 6.07) is 5.38. The average molecular weight is 333 g/mol. The number of amides is 2. The lowest BCUT2D eigenvalue weighted by Gasteiger charge is -2.39. The highest BCUT2D eigenvalue weighted by molar-refractivity contribution is 5.89. The number of piperidine rings is 1. The van der Waals surface area contributed by atoms with E-state index in [1.807, 2.05) is 11.0 Å². The van der Waals surface area contributed by atoms with Crippen molar-refractivity contribution in [1.29, 1.82) is 0 Å². The van der Waals surface area contributed by atoms with E-state index in [0.29, 0.717) is 16.9 Å². The summed E-state index contributed by atoms with van der Waals surface area (Å²) in [6.07, 6.45) is 3.45. The lowest BCUT2D eigenvalue weighted by molar-refractivity contribution is 0.129. The van der Waals surface area contributed by atoms with Gasteiger partial charge in [0, 0.05) is 31.4 Å². The molecule has 0 radical (unpaired) electrons. The molecule has 2 aliphatic heterocycles. The lowest BCUT2D eigenvalue weighted by Crippen LogP contribution is -2.45. The van der Waals surface area contributed by atoms with E-state index in [1.165, 1.54) is 13.0 Å². The topological polar surface area (TPSA) is 54.0 Å². The first-order chi connectivity index (χ1) is 11.5. The zero-order valence-corrected chi connectivity index (χ0v) is 14.8. The second kappa shape index (κ2) is 6.89. The van der Waals surface area contributed by atoms with Crippen molar-refractivity contribution in [3.8, 4) is 11.5 Å². The number of ether oxygens (including phenoxy) is 2. The van der Waals surface area contributed by atoms with Gasteiger partial charge in [0.25, 0.3) is 0 Å². The van der Waals surface area contributed by atoms with E-state index in [1.54, 1.807) is 26.4 Å². The number of urea groups is 1. The standard InChI is InChI=1S/C18H27N3O3/c1-20-9-6-18(13-20)7-10-21(11-8-18)17(22)19-14-4-5-15(23-2)16(12-14)24-3/h4-5,12H,6-11,13H2,1-3H3,(H,19,22). The Hall–Kier alpha value is -1.95. The van der Waals surface area contributed by atoms with Crippen LogP contribution in [0.2, 0.25) is 0 Å². The molecule has 2 aliphatic rings. The van der Waals surface area contributed by atoms with Crippen molar-refractivity contribution in [3.63, 3.8) is 0 Å². The summed E-state index contributed by atoms with van der Waals surface area (Å²) >= 11 is 0. The smallest absolute Gasteiger partial charge is 0.321 e. The van der Waals surface area contributed by atoms with Gasteiger partial charge in [-0.25, -0.2) is 4.79 Å². The van der Waals surface area contributed by atoms with E-state index in [0.717, 1.165) is 38.2 Å². The number of carbonyl (C=O) groups is 1. The fourth-order valence-corrected chi connectivity index (χ4v) is 3.87. The Morgan fingerprint density at radius 2 is 1.75 bits per heavy atom. The average Bonchev–Trinajstić information content (AvgIpc) is 2.95. The minimum absolute atomic E-state index is 0.0385. The quantitative estimate of drug-likeness (QED) is 0.924. The molecule has 0 aliphatic carbocycles. The predicted octanol–water partition coefficient (Wildman–Crippen LogP) is 2.65. The van der Waals surface area contributed by atoms with Crippen LogP contribution in [-0.4, -0.2) is 63.3 Å². The van der Waals surface area contributed by atoms with Crippen LogP contribution in [0.3, 0.4) is 0 Å². The van der Waals surface area contributed by atoms with Crippen molar-refractivity contribution < 1.29 is 14.3 Å². The molecule has 2 fully saturated rings. The van der Waals surface area contributed by atoms with Gasteiger partial charge in [-0.3, -0.25) is 0 Å². The van der Waals surface area contributed by atoms with E-state index in [2.05, 4.69) is 17.3 Å². The van der Waals surface area contributed by atoms with Crippen LogP contribution in [0.25, 0.3) is 0 Å². The molecule has 1 N–H and O–H groups in total. The lowest BCUT2D eigenvalue weighted by atomic mass is 9.78. The number of carbonyl (C=O) groups excluding carboxylic acids is 1. The van der Waals surface area contributed by atoms with Gasteiger partial charge in [0.15, 0.2) is 11.5 Å². The van der Waals surface area contributed by atoms with Crippen molar-refractivity contribution in [3.05, 3.63) is 18.2 Å². The first kappa shape index (κ1) is 16.9. The number of anilines is 1. The van der Waals surface area contributed by atoms with Gasteiger partial charge in [0.2, 0.25) is 0 Å². The number of rotatable bonds is 3. The normalized spacial score (nSPS) is 20.2. The third-order valence-electron chi connectivity index (χ3n) is 5.38. The summed E-state index contributed by atoms with van der Waals surface area (Å²) in [5.41, 5.74) is 1.15. The third-order valence-corrected chi connectivity index (χ3v) is 5.38. The van der Waals surface area contributed by atoms with Crippen LogP contribution < -0.4 is 14.8 Å². The fraction of sp³-hybridized carbons (Fsp3) is 0.611. The molecule has 2 heterocycles. The Morgan fingerprint density at radius 3 is 2.33 bits per heavy atom. The van der Waals surface area contributed by atoms with Gasteiger partial charge >= 0.3 is 6.03 Å². The number of benzene rings is 1. The van der Waals surface area contributed by atoms with Crippen LogP contribution in [0, 0.1) is 5.41 Å². The van der Waals surface area contributed by atoms with Crippen LogP contribution in [0.5, 0.6) is 11.5 Å². The maximum Gasteiger partial charge on any atom is 0.321 e. The summed E-state index contributed by atoms with van der Waals surface area (Å²) in [5.74, 6) is 1.27. The van der Waals surface area contributed by atoms with Crippen LogP contribution >= 0.6 is 0 Å². The number of methoxy groups -OCH3 is 2. The maximum absolute atomic E-state index is 12.5. The van der Waals surface area contributed by atoms with Crippen molar-refractivity contribution >= 4 is 11.7 Å². The van der Waals surface area contributed by atoms with Crippen LogP contribution in [-0.2, 0) is 0 Å². The summed E-state index contributed by atoms with van der Waals surface area (Å²) < 4.78 is 10.5. The number of hydrogen-bond donors (Lipinski definition) is 1. The Kier molecular flexibility index (Phi) is 4.85. The molecule has 0 saturated carbocycles. The van der Waals surface area contributed by atoms with E-state index < -0.39 is 0 Å². The molecule has 24 heavy (non-hydrogen) atoms. The van der Waals surface area contributed by atoms with Crippen LogP contribution in [0.15, 0.2) is 18.2 Å². The highest BCUT2D eigenvalue weighted by Crippen LogP contribution is 2.39. The van der Waals surface area contributed by atoms with E-state index in [4.69, 9.17) is 9.47 Å². The molecule has 1 spiro atoms. The van der Waals surface area contributed by atoms with Crippen molar-refractivity contribution in [2.75, 3.05) is 52.8 Å². The zero-order valence-electron chi connectivity index (χ0n) is 14.8. The largest absolute Gasteiger partial charge is 0.493 e. The molecule has 3 rings (SSSR count). The number of hydrogen-bond acceptors (Lipinski definition) is 4. The molecular weight excluding hydrogens is 306 g/mol. The van der Waals surface area contributed by atoms with Gasteiger partial charge in [-0.1, -0.05) is 0 Å². The summed E-state index contributed by atoms with van der Waals surface area (Å²) in [5, 5.41) is 2.97. The van der Waals surface area contributed by atoms with Gasteiger partial charge in [-0.2, -0.15) is 0 Å². The van der Waals surface area contributed by atoms with Gasteiger partial charge in [-0.05, 0) is 50.4 Å². The highest BCUT2D eigenvalue weighted by atomic mass is 16.5. The van der Waals surface area contributed by atoms with Crippen LogP contribution in [0.1, 0.15) is 19.3 Å². The fourth-order valence-electron chi connectivity index (χ4n) is 3.87. The minimum atomic E-state index is -0.0385. The Labute approximate surface area is 143 Å². The van der Waals surface area contributed by atoms with E-state index in [9.17, 15) is 4.79 Å². The highest BCUT2D eigenvalue weighted by Gasteiger charge is 2.40. The predicted molar refractivity (Wildman–Crippen MR) is 93.9 cm³/mol. The van der Waals surface area contributed by atoms with Crippen molar-refractivity contribution in [2.45, 2.75) is 19.3 Å². The van der Waals surface area contributed by atoms with Gasteiger partial charge in [0.05, 0.1) is 14.2 Å². The number of nitrogens with one attached hydrogen (secondary N) is 1. The molecule has 0 unspecified atom stereocenters. The summed E-state index contributed by atoms with van der Waals surface area (Å²) in [4.78, 5) is 16.8. The first-order valence-corrected chi connectivity index (χ1v) is 8.52. The molecule has 1 aromatic carbocycles. The number of likely N-dealkylation sites (tertiary alicyclic amines) is 2. The van der Waals surface area contributed by atoms with E-state index >= 15 is 0 Å². The van der Waals surface area contributed by atoms with Gasteiger partial charge in [0.1, 0.15) is 0 Å². The Bertz CT molecular complexity index is 597. The molecule has 6 nitrogen and oxygen atoms in total.